The molecular formula is C11H20ClN3. The van der Waals surface area contributed by atoms with Crippen molar-refractivity contribution in [1.82, 2.24) is 9.55 Å². The van der Waals surface area contributed by atoms with Crippen molar-refractivity contribution in [3.05, 3.63) is 17.7 Å². The molecule has 0 bridgehead atoms. The largest absolute Gasteiger partial charge is 0.332 e. The van der Waals surface area contributed by atoms with Crippen molar-refractivity contribution in [2.45, 2.75) is 45.7 Å². The summed E-state index contributed by atoms with van der Waals surface area (Å²) in [7, 11) is 0. The molecule has 0 aromatic carbocycles. The first-order valence-corrected chi connectivity index (χ1v) is 5.45. The molecule has 2 N–H and O–H groups in total. The van der Waals surface area contributed by atoms with Crippen LogP contribution < -0.4 is 5.73 Å². The maximum atomic E-state index is 5.92. The SMILES string of the molecule is CC(C)Cc1ncc2n1CCC(N)C2.Cl. The molecule has 0 radical (unpaired) electrons. The van der Waals surface area contributed by atoms with E-state index in [1.807, 2.05) is 6.20 Å². The lowest BCUT2D eigenvalue weighted by molar-refractivity contribution is 0.451. The van der Waals surface area contributed by atoms with Crippen molar-refractivity contribution < 1.29 is 0 Å². The van der Waals surface area contributed by atoms with Crippen LogP contribution in [-0.4, -0.2) is 15.6 Å². The molecule has 1 aromatic rings. The van der Waals surface area contributed by atoms with Gasteiger partial charge in [-0.2, -0.15) is 0 Å². The van der Waals surface area contributed by atoms with Crippen LogP contribution in [0.15, 0.2) is 6.20 Å². The fourth-order valence-electron chi connectivity index (χ4n) is 2.08. The third kappa shape index (κ3) is 2.73. The topological polar surface area (TPSA) is 43.8 Å². The van der Waals surface area contributed by atoms with Crippen LogP contribution in [0.5, 0.6) is 0 Å². The van der Waals surface area contributed by atoms with E-state index in [4.69, 9.17) is 5.73 Å². The van der Waals surface area contributed by atoms with E-state index >= 15 is 0 Å². The van der Waals surface area contributed by atoms with E-state index in [0.717, 1.165) is 25.8 Å². The molecule has 1 atom stereocenters. The Morgan fingerprint density at radius 3 is 3.00 bits per heavy atom. The van der Waals surface area contributed by atoms with E-state index in [0.29, 0.717) is 12.0 Å². The predicted octanol–water partition coefficient (Wildman–Crippen LogP) is 1.78. The quantitative estimate of drug-likeness (QED) is 0.840. The molecule has 4 heteroatoms. The highest BCUT2D eigenvalue weighted by molar-refractivity contribution is 5.85. The van der Waals surface area contributed by atoms with Crippen LogP contribution in [0.2, 0.25) is 0 Å². The van der Waals surface area contributed by atoms with Crippen molar-refractivity contribution in [3.8, 4) is 0 Å². The molecule has 0 amide bonds. The van der Waals surface area contributed by atoms with Crippen LogP contribution in [0, 0.1) is 5.92 Å². The first-order chi connectivity index (χ1) is 6.66. The van der Waals surface area contributed by atoms with E-state index < -0.39 is 0 Å². The molecule has 1 aliphatic rings. The number of nitrogens with zero attached hydrogens (tertiary/aromatic N) is 2. The zero-order chi connectivity index (χ0) is 10.1. The first kappa shape index (κ1) is 12.5. The third-order valence-corrected chi connectivity index (χ3v) is 2.81. The Hall–Kier alpha value is -0.540. The van der Waals surface area contributed by atoms with Gasteiger partial charge in [0.2, 0.25) is 0 Å². The zero-order valence-electron chi connectivity index (χ0n) is 9.44. The van der Waals surface area contributed by atoms with Gasteiger partial charge in [-0.25, -0.2) is 4.98 Å². The minimum atomic E-state index is 0. The average Bonchev–Trinajstić information content (AvgIpc) is 2.47. The van der Waals surface area contributed by atoms with Gasteiger partial charge in [0.15, 0.2) is 0 Å². The summed E-state index contributed by atoms with van der Waals surface area (Å²) >= 11 is 0. The smallest absolute Gasteiger partial charge is 0.109 e. The second-order valence-corrected chi connectivity index (χ2v) is 4.67. The van der Waals surface area contributed by atoms with Gasteiger partial charge in [-0.15, -0.1) is 12.4 Å². The van der Waals surface area contributed by atoms with Crippen LogP contribution in [0.1, 0.15) is 31.8 Å². The number of imidazole rings is 1. The zero-order valence-corrected chi connectivity index (χ0v) is 10.3. The van der Waals surface area contributed by atoms with Gasteiger partial charge in [0, 0.05) is 37.3 Å². The molecule has 2 rings (SSSR count). The second kappa shape index (κ2) is 4.99. The molecule has 1 unspecified atom stereocenters. The predicted molar refractivity (Wildman–Crippen MR) is 64.3 cm³/mol. The Kier molecular flexibility index (Phi) is 4.17. The highest BCUT2D eigenvalue weighted by atomic mass is 35.5. The highest BCUT2D eigenvalue weighted by Gasteiger charge is 2.18. The van der Waals surface area contributed by atoms with Gasteiger partial charge in [0.05, 0.1) is 0 Å². The van der Waals surface area contributed by atoms with E-state index in [1.165, 1.54) is 11.5 Å². The molecule has 0 fully saturated rings. The standard InChI is InChI=1S/C11H19N3.ClH/c1-8(2)5-11-13-7-10-6-9(12)3-4-14(10)11;/h7-9H,3-6,12H2,1-2H3;1H. The number of hydrogen-bond acceptors (Lipinski definition) is 2. The number of rotatable bonds is 2. The second-order valence-electron chi connectivity index (χ2n) is 4.67. The normalized spacial score (nSPS) is 19.9. The summed E-state index contributed by atoms with van der Waals surface area (Å²) in [5.41, 5.74) is 7.24. The first-order valence-electron chi connectivity index (χ1n) is 5.45. The van der Waals surface area contributed by atoms with Gasteiger partial charge in [0.25, 0.3) is 0 Å². The number of hydrogen-bond donors (Lipinski definition) is 1. The maximum Gasteiger partial charge on any atom is 0.109 e. The minimum Gasteiger partial charge on any atom is -0.332 e. The van der Waals surface area contributed by atoms with E-state index in [-0.39, 0.29) is 12.4 Å². The fraction of sp³-hybridized carbons (Fsp3) is 0.727. The summed E-state index contributed by atoms with van der Waals surface area (Å²) < 4.78 is 2.35. The van der Waals surface area contributed by atoms with E-state index in [9.17, 15) is 0 Å². The summed E-state index contributed by atoms with van der Waals surface area (Å²) in [6.07, 6.45) is 5.16. The summed E-state index contributed by atoms with van der Waals surface area (Å²) in [6.45, 7) is 5.52. The average molecular weight is 230 g/mol. The van der Waals surface area contributed by atoms with Crippen molar-refractivity contribution in [2.24, 2.45) is 11.7 Å². The Morgan fingerprint density at radius 2 is 2.33 bits per heavy atom. The molecular weight excluding hydrogens is 210 g/mol. The lowest BCUT2D eigenvalue weighted by Crippen LogP contribution is -2.31. The molecule has 1 aromatic heterocycles. The maximum absolute atomic E-state index is 5.92. The molecule has 2 heterocycles. The van der Waals surface area contributed by atoms with Crippen LogP contribution in [0.25, 0.3) is 0 Å². The summed E-state index contributed by atoms with van der Waals surface area (Å²) in [5.74, 6) is 1.92. The summed E-state index contributed by atoms with van der Waals surface area (Å²) in [5, 5.41) is 0. The summed E-state index contributed by atoms with van der Waals surface area (Å²) in [6, 6.07) is 0.339. The van der Waals surface area contributed by atoms with Gasteiger partial charge in [-0.3, -0.25) is 0 Å². The van der Waals surface area contributed by atoms with Gasteiger partial charge >= 0.3 is 0 Å². The molecule has 15 heavy (non-hydrogen) atoms. The number of halogens is 1. The van der Waals surface area contributed by atoms with Gasteiger partial charge in [-0.1, -0.05) is 13.8 Å². The van der Waals surface area contributed by atoms with Crippen LogP contribution >= 0.6 is 12.4 Å². The number of nitrogens with two attached hydrogens (primary N) is 1. The molecule has 0 saturated carbocycles. The fourth-order valence-corrected chi connectivity index (χ4v) is 2.08. The van der Waals surface area contributed by atoms with Crippen molar-refractivity contribution in [1.29, 1.82) is 0 Å². The summed E-state index contributed by atoms with van der Waals surface area (Å²) in [4.78, 5) is 4.48. The van der Waals surface area contributed by atoms with E-state index in [2.05, 4.69) is 23.4 Å². The van der Waals surface area contributed by atoms with Crippen LogP contribution in [0.3, 0.4) is 0 Å². The molecule has 0 saturated heterocycles. The monoisotopic (exact) mass is 229 g/mol. The number of aromatic nitrogens is 2. The Bertz CT molecular complexity index is 320. The Labute approximate surface area is 97.5 Å². The highest BCUT2D eigenvalue weighted by Crippen LogP contribution is 2.17. The molecule has 0 aliphatic carbocycles. The van der Waals surface area contributed by atoms with Gasteiger partial charge in [0.1, 0.15) is 5.82 Å². The lowest BCUT2D eigenvalue weighted by Gasteiger charge is -2.22. The Morgan fingerprint density at radius 1 is 1.60 bits per heavy atom. The molecule has 86 valence electrons. The molecule has 0 spiro atoms. The van der Waals surface area contributed by atoms with Crippen molar-refractivity contribution in [2.75, 3.05) is 0 Å². The third-order valence-electron chi connectivity index (χ3n) is 2.81. The lowest BCUT2D eigenvalue weighted by atomic mass is 10.0. The van der Waals surface area contributed by atoms with Crippen molar-refractivity contribution >= 4 is 12.4 Å². The number of fused-ring (bicyclic) bond motifs is 1. The Balaban J connectivity index is 0.00000112. The van der Waals surface area contributed by atoms with E-state index in [1.54, 1.807) is 0 Å². The minimum absolute atomic E-state index is 0. The van der Waals surface area contributed by atoms with Gasteiger partial charge in [-0.05, 0) is 12.3 Å². The van der Waals surface area contributed by atoms with Crippen molar-refractivity contribution in [3.63, 3.8) is 0 Å². The van der Waals surface area contributed by atoms with Gasteiger partial charge < -0.3 is 10.3 Å². The molecule has 3 nitrogen and oxygen atoms in total. The van der Waals surface area contributed by atoms with Crippen LogP contribution in [0.4, 0.5) is 0 Å². The van der Waals surface area contributed by atoms with Crippen LogP contribution in [-0.2, 0) is 19.4 Å². The molecule has 1 aliphatic heterocycles.